The number of carbonyl (C=O) groups is 2. The van der Waals surface area contributed by atoms with E-state index in [0.717, 1.165) is 53.8 Å². The first-order valence-corrected chi connectivity index (χ1v) is 14.7. The summed E-state index contributed by atoms with van der Waals surface area (Å²) in [6, 6.07) is 17.2. The quantitative estimate of drug-likeness (QED) is 0.340. The van der Waals surface area contributed by atoms with E-state index in [1.165, 1.54) is 7.11 Å². The van der Waals surface area contributed by atoms with Crippen molar-refractivity contribution in [2.24, 2.45) is 0 Å². The van der Waals surface area contributed by atoms with Crippen molar-refractivity contribution in [3.8, 4) is 11.4 Å². The molecule has 2 unspecified atom stereocenters. The minimum absolute atomic E-state index is 0.102. The Hall–Kier alpha value is -4.71. The lowest BCUT2D eigenvalue weighted by atomic mass is 10.1. The first-order valence-electron chi connectivity index (χ1n) is 14.7. The number of nitrogens with zero attached hydrogens (tertiary/aromatic N) is 6. The Balaban J connectivity index is 1.19. The van der Waals surface area contributed by atoms with Crippen molar-refractivity contribution < 1.29 is 19.1 Å². The number of hydrogen-bond acceptors (Lipinski definition) is 8. The van der Waals surface area contributed by atoms with Crippen LogP contribution in [-0.2, 0) is 9.47 Å². The van der Waals surface area contributed by atoms with E-state index >= 15 is 0 Å². The Bertz CT molecular complexity index is 1600. The molecule has 3 amide bonds. The molecule has 0 radical (unpaired) electrons. The third-order valence-corrected chi connectivity index (χ3v) is 8.59. The van der Waals surface area contributed by atoms with E-state index in [4.69, 9.17) is 24.5 Å². The molecule has 0 aliphatic carbocycles. The largest absolute Gasteiger partial charge is 0.453 e. The van der Waals surface area contributed by atoms with Crippen molar-refractivity contribution in [2.75, 3.05) is 48.9 Å². The zero-order valence-corrected chi connectivity index (χ0v) is 24.0. The molecule has 2 bridgehead atoms. The van der Waals surface area contributed by atoms with Crippen molar-refractivity contribution in [1.82, 2.24) is 24.6 Å². The maximum atomic E-state index is 12.5. The molecule has 3 aliphatic rings. The predicted molar refractivity (Wildman–Crippen MR) is 162 cm³/mol. The number of rotatable bonds is 5. The van der Waals surface area contributed by atoms with Gasteiger partial charge in [0.1, 0.15) is 5.82 Å². The van der Waals surface area contributed by atoms with Crippen molar-refractivity contribution in [3.63, 3.8) is 0 Å². The van der Waals surface area contributed by atoms with Crippen LogP contribution in [-0.4, -0.2) is 82.3 Å². The first kappa shape index (κ1) is 27.1. The third kappa shape index (κ3) is 5.34. The summed E-state index contributed by atoms with van der Waals surface area (Å²) >= 11 is 0. The number of fused-ring (bicyclic) bond motifs is 3. The van der Waals surface area contributed by atoms with Crippen molar-refractivity contribution in [1.29, 1.82) is 0 Å². The molecule has 3 aliphatic heterocycles. The maximum absolute atomic E-state index is 12.5. The zero-order valence-electron chi connectivity index (χ0n) is 24.0. The van der Waals surface area contributed by atoms with E-state index in [2.05, 4.69) is 15.5 Å². The molecule has 0 saturated carbocycles. The summed E-state index contributed by atoms with van der Waals surface area (Å²) in [7, 11) is 1.41. The number of nitrogens with one attached hydrogen (secondary N) is 2. The maximum Gasteiger partial charge on any atom is 0.409 e. The van der Waals surface area contributed by atoms with E-state index in [1.807, 2.05) is 65.5 Å². The van der Waals surface area contributed by atoms with Crippen molar-refractivity contribution in [2.45, 2.75) is 43.8 Å². The van der Waals surface area contributed by atoms with Crippen LogP contribution < -0.4 is 15.5 Å². The van der Waals surface area contributed by atoms with Crippen LogP contribution in [0.2, 0.25) is 0 Å². The van der Waals surface area contributed by atoms with Gasteiger partial charge in [-0.1, -0.05) is 18.2 Å². The molecule has 4 aromatic rings. The van der Waals surface area contributed by atoms with Gasteiger partial charge in [0.25, 0.3) is 0 Å². The molecule has 222 valence electrons. The molecule has 3 fully saturated rings. The summed E-state index contributed by atoms with van der Waals surface area (Å²) in [5.41, 5.74) is 3.00. The van der Waals surface area contributed by atoms with Gasteiger partial charge in [-0.2, -0.15) is 5.10 Å². The van der Waals surface area contributed by atoms with E-state index in [-0.39, 0.29) is 30.2 Å². The molecule has 5 heterocycles. The number of benzene rings is 2. The Morgan fingerprint density at radius 2 is 1.53 bits per heavy atom. The molecule has 12 nitrogen and oxygen atoms in total. The Morgan fingerprint density at radius 1 is 0.860 bits per heavy atom. The summed E-state index contributed by atoms with van der Waals surface area (Å²) in [6.07, 6.45) is 5.24. The summed E-state index contributed by atoms with van der Waals surface area (Å²) in [4.78, 5) is 38.9. The number of para-hydroxylation sites is 1. The Labute approximate surface area is 249 Å². The van der Waals surface area contributed by atoms with Gasteiger partial charge in [-0.25, -0.2) is 24.2 Å². The van der Waals surface area contributed by atoms with Crippen molar-refractivity contribution >= 4 is 40.4 Å². The van der Waals surface area contributed by atoms with E-state index in [0.29, 0.717) is 37.8 Å². The molecular formula is C31H34N8O4. The van der Waals surface area contributed by atoms with Crippen molar-refractivity contribution in [3.05, 3.63) is 60.8 Å². The molecule has 2 atom stereocenters. The number of piperidine rings is 1. The Kier molecular flexibility index (Phi) is 7.27. The highest BCUT2D eigenvalue weighted by molar-refractivity contribution is 5.99. The van der Waals surface area contributed by atoms with Crippen LogP contribution in [0.3, 0.4) is 0 Å². The molecule has 2 aromatic heterocycles. The van der Waals surface area contributed by atoms with Crippen LogP contribution in [0.15, 0.2) is 60.8 Å². The second-order valence-corrected chi connectivity index (χ2v) is 11.2. The van der Waals surface area contributed by atoms with E-state index in [1.54, 1.807) is 4.90 Å². The van der Waals surface area contributed by atoms with Crippen LogP contribution in [0, 0.1) is 0 Å². The van der Waals surface area contributed by atoms with Crippen LogP contribution in [0.5, 0.6) is 0 Å². The molecule has 2 N–H and O–H groups in total. The highest BCUT2D eigenvalue weighted by Gasteiger charge is 2.40. The number of ether oxygens (including phenoxy) is 2. The average molecular weight is 583 g/mol. The lowest BCUT2D eigenvalue weighted by molar-refractivity contribution is 0.0904. The van der Waals surface area contributed by atoms with Gasteiger partial charge in [0.15, 0.2) is 11.5 Å². The monoisotopic (exact) mass is 582 g/mol. The summed E-state index contributed by atoms with van der Waals surface area (Å²) in [5, 5.41) is 11.5. The van der Waals surface area contributed by atoms with Gasteiger partial charge in [-0.05, 0) is 62.1 Å². The van der Waals surface area contributed by atoms with Gasteiger partial charge < -0.3 is 29.9 Å². The van der Waals surface area contributed by atoms with Crippen LogP contribution in [0.25, 0.3) is 22.4 Å². The third-order valence-electron chi connectivity index (χ3n) is 8.59. The van der Waals surface area contributed by atoms with Gasteiger partial charge in [0.2, 0.25) is 0 Å². The number of morpholine rings is 1. The van der Waals surface area contributed by atoms with E-state index < -0.39 is 0 Å². The van der Waals surface area contributed by atoms with Gasteiger partial charge in [-0.15, -0.1) is 0 Å². The fourth-order valence-electron chi connectivity index (χ4n) is 6.42. The molecular weight excluding hydrogens is 548 g/mol. The SMILES string of the molecule is COC(=O)N1CCC(n2ncc3c(N4C5CCC4COC5)nc(-c4ccc(NC(=O)Nc5ccccc5)cc4)nc32)CC1. The van der Waals surface area contributed by atoms with Gasteiger partial charge in [0.05, 0.1) is 50.0 Å². The highest BCUT2D eigenvalue weighted by Crippen LogP contribution is 2.38. The number of amides is 3. The smallest absolute Gasteiger partial charge is 0.409 e. The standard InChI is InChI=1S/C31H34N8O4/c1-42-31(41)37-15-13-23(14-16-37)39-29-26(17-32-39)28(38-24-11-12-25(38)19-43-18-24)35-27(36-29)20-7-9-22(10-8-20)34-30(40)33-21-5-3-2-4-6-21/h2-10,17,23-25H,11-16,18-19H2,1H3,(H2,33,34,40). The molecule has 0 spiro atoms. The molecule has 43 heavy (non-hydrogen) atoms. The average Bonchev–Trinajstić information content (AvgIpc) is 3.58. The molecule has 7 rings (SSSR count). The second-order valence-electron chi connectivity index (χ2n) is 11.2. The number of methoxy groups -OCH3 is 1. The number of anilines is 3. The van der Waals surface area contributed by atoms with Gasteiger partial charge in [0, 0.05) is 30.0 Å². The number of likely N-dealkylation sites (tertiary alicyclic amines) is 1. The lowest BCUT2D eigenvalue weighted by Crippen LogP contribution is -2.46. The van der Waals surface area contributed by atoms with Crippen LogP contribution in [0.4, 0.5) is 26.8 Å². The Morgan fingerprint density at radius 3 is 2.21 bits per heavy atom. The number of hydrogen-bond donors (Lipinski definition) is 2. The number of urea groups is 1. The molecule has 12 heteroatoms. The summed E-state index contributed by atoms with van der Waals surface area (Å²) < 4.78 is 12.8. The topological polar surface area (TPSA) is 127 Å². The second kappa shape index (κ2) is 11.5. The fraction of sp³-hybridized carbons (Fsp3) is 0.387. The first-order chi connectivity index (χ1) is 21.1. The fourth-order valence-corrected chi connectivity index (χ4v) is 6.42. The normalized spacial score (nSPS) is 20.3. The summed E-state index contributed by atoms with van der Waals surface area (Å²) in [5.74, 6) is 1.49. The van der Waals surface area contributed by atoms with Gasteiger partial charge in [-0.3, -0.25) is 0 Å². The minimum atomic E-state index is -0.316. The summed E-state index contributed by atoms with van der Waals surface area (Å²) in [6.45, 7) is 2.57. The molecule has 2 aromatic carbocycles. The zero-order chi connectivity index (χ0) is 29.3. The molecule has 3 saturated heterocycles. The number of aromatic nitrogens is 4. The van der Waals surface area contributed by atoms with Crippen LogP contribution in [0.1, 0.15) is 31.7 Å². The van der Waals surface area contributed by atoms with Crippen LogP contribution >= 0.6 is 0 Å². The highest BCUT2D eigenvalue weighted by atomic mass is 16.5. The minimum Gasteiger partial charge on any atom is -0.453 e. The van der Waals surface area contributed by atoms with Gasteiger partial charge >= 0.3 is 12.1 Å². The predicted octanol–water partition coefficient (Wildman–Crippen LogP) is 4.91. The lowest BCUT2D eigenvalue weighted by Gasteiger charge is -2.36. The number of carbonyl (C=O) groups excluding carboxylic acids is 2. The van der Waals surface area contributed by atoms with E-state index in [9.17, 15) is 9.59 Å².